The molecule has 0 spiro atoms. The van der Waals surface area contributed by atoms with Crippen molar-refractivity contribution in [3.8, 4) is 0 Å². The fourth-order valence-corrected chi connectivity index (χ4v) is 3.62. The van der Waals surface area contributed by atoms with Crippen LogP contribution >= 0.6 is 0 Å². The smallest absolute Gasteiger partial charge is 0.255 e. The molecule has 0 radical (unpaired) electrons. The molecule has 1 aromatic carbocycles. The van der Waals surface area contributed by atoms with Gasteiger partial charge in [-0.3, -0.25) is 9.78 Å². The number of carbonyl (C=O) groups is 1. The molecule has 0 saturated carbocycles. The highest BCUT2D eigenvalue weighted by Gasteiger charge is 2.34. The summed E-state index contributed by atoms with van der Waals surface area (Å²) in [7, 11) is 0. The summed E-state index contributed by atoms with van der Waals surface area (Å²) in [5.74, 6) is 0.994. The van der Waals surface area contributed by atoms with Gasteiger partial charge in [-0.2, -0.15) is 10.1 Å². The van der Waals surface area contributed by atoms with E-state index in [4.69, 9.17) is 5.11 Å². The van der Waals surface area contributed by atoms with Crippen LogP contribution in [-0.4, -0.2) is 37.4 Å². The maximum atomic E-state index is 13.3. The summed E-state index contributed by atoms with van der Waals surface area (Å²) in [4.78, 5) is 21.9. The van der Waals surface area contributed by atoms with Crippen LogP contribution in [0.15, 0.2) is 60.1 Å². The number of nitrogens with zero attached hydrogens (tertiary/aromatic N) is 4. The average Bonchev–Trinajstić information content (AvgIpc) is 3.14. The molecule has 30 heavy (non-hydrogen) atoms. The van der Waals surface area contributed by atoms with Gasteiger partial charge in [-0.05, 0) is 38.0 Å². The van der Waals surface area contributed by atoms with Crippen molar-refractivity contribution in [3.63, 3.8) is 0 Å². The number of rotatable bonds is 6. The highest BCUT2D eigenvalue weighted by Crippen LogP contribution is 2.36. The van der Waals surface area contributed by atoms with Crippen LogP contribution in [0.25, 0.3) is 0 Å². The molecule has 8 nitrogen and oxygen atoms in total. The first-order valence-corrected chi connectivity index (χ1v) is 9.89. The van der Waals surface area contributed by atoms with Crippen LogP contribution in [0.2, 0.25) is 0 Å². The minimum atomic E-state index is -0.423. The predicted octanol–water partition coefficient (Wildman–Crippen LogP) is 2.83. The lowest BCUT2D eigenvalue weighted by Gasteiger charge is -2.28. The van der Waals surface area contributed by atoms with E-state index in [0.29, 0.717) is 35.9 Å². The normalized spacial score (nSPS) is 15.5. The number of fused-ring (bicyclic) bond motifs is 1. The van der Waals surface area contributed by atoms with Crippen LogP contribution in [0.5, 0.6) is 0 Å². The highest BCUT2D eigenvalue weighted by molar-refractivity contribution is 6.05. The topological polar surface area (TPSA) is 105 Å². The average molecular weight is 404 g/mol. The first kappa shape index (κ1) is 19.8. The minimum Gasteiger partial charge on any atom is -0.396 e. The molecule has 1 atom stereocenters. The zero-order valence-electron chi connectivity index (χ0n) is 17.0. The molecule has 1 aliphatic heterocycles. The lowest BCUT2D eigenvalue weighted by Crippen LogP contribution is -2.31. The van der Waals surface area contributed by atoms with Crippen molar-refractivity contribution in [2.24, 2.45) is 0 Å². The van der Waals surface area contributed by atoms with E-state index in [1.54, 1.807) is 29.2 Å². The van der Waals surface area contributed by atoms with Crippen molar-refractivity contribution in [1.82, 2.24) is 19.7 Å². The monoisotopic (exact) mass is 404 g/mol. The number of aryl methyl sites for hydroxylation is 2. The Kier molecular flexibility index (Phi) is 5.58. The van der Waals surface area contributed by atoms with Gasteiger partial charge in [0.15, 0.2) is 5.82 Å². The largest absolute Gasteiger partial charge is 0.396 e. The maximum absolute atomic E-state index is 13.3. The molecule has 4 rings (SSSR count). The van der Waals surface area contributed by atoms with Gasteiger partial charge < -0.3 is 15.7 Å². The van der Waals surface area contributed by atoms with Gasteiger partial charge in [0.05, 0.1) is 17.5 Å². The summed E-state index contributed by atoms with van der Waals surface area (Å²) in [5, 5.41) is 20.0. The molecule has 1 unspecified atom stereocenters. The van der Waals surface area contributed by atoms with Crippen molar-refractivity contribution in [2.45, 2.75) is 32.7 Å². The number of pyridine rings is 1. The summed E-state index contributed by atoms with van der Waals surface area (Å²) < 4.78 is 1.76. The van der Waals surface area contributed by atoms with Crippen LogP contribution in [0.1, 0.15) is 36.3 Å². The predicted molar refractivity (Wildman–Crippen MR) is 114 cm³/mol. The second kappa shape index (κ2) is 8.46. The summed E-state index contributed by atoms with van der Waals surface area (Å²) in [6.45, 7) is 3.96. The number of benzene rings is 1. The summed E-state index contributed by atoms with van der Waals surface area (Å²) >= 11 is 0. The van der Waals surface area contributed by atoms with E-state index in [2.05, 4.69) is 31.8 Å². The van der Waals surface area contributed by atoms with E-state index in [1.807, 2.05) is 32.0 Å². The number of aliphatic hydroxyl groups is 1. The molecule has 0 fully saturated rings. The Morgan fingerprint density at radius 3 is 2.87 bits per heavy atom. The molecule has 0 bridgehead atoms. The SMILES string of the molecule is CC1=C(C(=O)Nc2cccnc2)C(c2cccc(C)c2)n2nc(CCCO)nc2N1. The lowest BCUT2D eigenvalue weighted by atomic mass is 9.94. The Morgan fingerprint density at radius 1 is 1.27 bits per heavy atom. The fourth-order valence-electron chi connectivity index (χ4n) is 3.62. The molecule has 0 saturated heterocycles. The van der Waals surface area contributed by atoms with Crippen molar-refractivity contribution in [3.05, 3.63) is 77.0 Å². The Bertz CT molecular complexity index is 1090. The molecule has 2 aromatic heterocycles. The number of amides is 1. The van der Waals surface area contributed by atoms with Crippen LogP contribution in [-0.2, 0) is 11.2 Å². The Hall–Kier alpha value is -3.52. The Balaban J connectivity index is 1.77. The van der Waals surface area contributed by atoms with Gasteiger partial charge in [0, 0.05) is 24.9 Å². The van der Waals surface area contributed by atoms with Gasteiger partial charge >= 0.3 is 0 Å². The maximum Gasteiger partial charge on any atom is 0.255 e. The molecule has 8 heteroatoms. The highest BCUT2D eigenvalue weighted by atomic mass is 16.3. The molecule has 1 amide bonds. The van der Waals surface area contributed by atoms with Gasteiger partial charge in [-0.25, -0.2) is 4.68 Å². The van der Waals surface area contributed by atoms with Gasteiger partial charge in [-0.15, -0.1) is 0 Å². The number of aliphatic hydroxyl groups excluding tert-OH is 1. The second-order valence-corrected chi connectivity index (χ2v) is 7.30. The van der Waals surface area contributed by atoms with Gasteiger partial charge in [0.2, 0.25) is 5.95 Å². The minimum absolute atomic E-state index is 0.0780. The standard InChI is InChI=1S/C22H24N6O2/c1-14-6-3-7-16(12-14)20-19(21(30)25-17-8-4-10-23-13-17)15(2)24-22-26-18(9-5-11-29)27-28(20)22/h3-4,6-8,10,12-13,20,29H,5,9,11H2,1-2H3,(H,25,30)(H,24,26,27). The molecule has 154 valence electrons. The molecular formula is C22H24N6O2. The molecule has 3 aromatic rings. The van der Waals surface area contributed by atoms with Gasteiger partial charge in [0.25, 0.3) is 5.91 Å². The number of hydrogen-bond donors (Lipinski definition) is 3. The van der Waals surface area contributed by atoms with Crippen LogP contribution in [0, 0.1) is 6.92 Å². The van der Waals surface area contributed by atoms with Gasteiger partial charge in [0.1, 0.15) is 6.04 Å². The number of allylic oxidation sites excluding steroid dienone is 1. The van der Waals surface area contributed by atoms with Gasteiger partial charge in [-0.1, -0.05) is 29.8 Å². The molecule has 1 aliphatic rings. The number of anilines is 2. The number of nitrogens with one attached hydrogen (secondary N) is 2. The van der Waals surface area contributed by atoms with E-state index >= 15 is 0 Å². The summed E-state index contributed by atoms with van der Waals surface area (Å²) in [5.41, 5.74) is 3.95. The lowest BCUT2D eigenvalue weighted by molar-refractivity contribution is -0.113. The fraction of sp³-hybridized carbons (Fsp3) is 0.273. The zero-order chi connectivity index (χ0) is 21.1. The number of aromatic nitrogens is 4. The van der Waals surface area contributed by atoms with E-state index in [1.165, 1.54) is 0 Å². The van der Waals surface area contributed by atoms with Crippen LogP contribution in [0.3, 0.4) is 0 Å². The van der Waals surface area contributed by atoms with Crippen LogP contribution in [0.4, 0.5) is 11.6 Å². The molecular weight excluding hydrogens is 380 g/mol. The molecule has 0 aliphatic carbocycles. The van der Waals surface area contributed by atoms with Crippen molar-refractivity contribution in [2.75, 3.05) is 17.2 Å². The summed E-state index contributed by atoms with van der Waals surface area (Å²) in [6, 6.07) is 11.2. The molecule has 3 N–H and O–H groups in total. The Morgan fingerprint density at radius 2 is 2.13 bits per heavy atom. The van der Waals surface area contributed by atoms with E-state index < -0.39 is 6.04 Å². The van der Waals surface area contributed by atoms with E-state index in [9.17, 15) is 4.79 Å². The molecule has 3 heterocycles. The third-order valence-corrected chi connectivity index (χ3v) is 4.98. The van der Waals surface area contributed by atoms with Crippen molar-refractivity contribution < 1.29 is 9.90 Å². The van der Waals surface area contributed by atoms with E-state index in [0.717, 1.165) is 16.8 Å². The van der Waals surface area contributed by atoms with Crippen molar-refractivity contribution >= 4 is 17.5 Å². The third-order valence-electron chi connectivity index (χ3n) is 4.98. The zero-order valence-corrected chi connectivity index (χ0v) is 17.0. The van der Waals surface area contributed by atoms with E-state index in [-0.39, 0.29) is 12.5 Å². The second-order valence-electron chi connectivity index (χ2n) is 7.30. The third kappa shape index (κ3) is 3.95. The number of carbonyl (C=O) groups excluding carboxylic acids is 1. The Labute approximate surface area is 174 Å². The summed E-state index contributed by atoms with van der Waals surface area (Å²) in [6.07, 6.45) is 4.42. The first-order chi connectivity index (χ1) is 14.6. The number of hydrogen-bond acceptors (Lipinski definition) is 6. The first-order valence-electron chi connectivity index (χ1n) is 9.89. The van der Waals surface area contributed by atoms with Crippen molar-refractivity contribution in [1.29, 1.82) is 0 Å². The quantitative estimate of drug-likeness (QED) is 0.584. The van der Waals surface area contributed by atoms with Crippen LogP contribution < -0.4 is 10.6 Å².